The Bertz CT molecular complexity index is 661. The summed E-state index contributed by atoms with van der Waals surface area (Å²) in [6.45, 7) is 2.64. The summed E-state index contributed by atoms with van der Waals surface area (Å²) < 4.78 is 5.22. The number of para-hydroxylation sites is 1. The lowest BCUT2D eigenvalue weighted by Crippen LogP contribution is -2.42. The standard InChI is InChI=1S/C15H16N2O2/c1-2-13-14-11(7-9-8-19-15(18)17(9)13)10-5-3-4-6-12(10)16-14/h3-6,9,13,16H,2,7-8H2,1H3. The number of nitrogens with one attached hydrogen (secondary N) is 1. The van der Waals surface area contributed by atoms with Gasteiger partial charge in [0.2, 0.25) is 0 Å². The van der Waals surface area contributed by atoms with Gasteiger partial charge in [0, 0.05) is 16.6 Å². The van der Waals surface area contributed by atoms with Crippen molar-refractivity contribution in [2.24, 2.45) is 0 Å². The molecule has 1 aromatic heterocycles. The molecule has 1 saturated heterocycles. The van der Waals surface area contributed by atoms with Crippen LogP contribution in [0.1, 0.15) is 30.6 Å². The van der Waals surface area contributed by atoms with Gasteiger partial charge in [0.25, 0.3) is 0 Å². The van der Waals surface area contributed by atoms with Gasteiger partial charge in [-0.3, -0.25) is 4.90 Å². The van der Waals surface area contributed by atoms with Gasteiger partial charge in [-0.2, -0.15) is 0 Å². The molecule has 3 heterocycles. The number of fused-ring (bicyclic) bond motifs is 4. The summed E-state index contributed by atoms with van der Waals surface area (Å²) >= 11 is 0. The smallest absolute Gasteiger partial charge is 0.410 e. The molecule has 0 saturated carbocycles. The summed E-state index contributed by atoms with van der Waals surface area (Å²) in [5, 5.41) is 1.29. The first-order valence-electron chi connectivity index (χ1n) is 6.84. The highest BCUT2D eigenvalue weighted by Gasteiger charge is 2.43. The van der Waals surface area contributed by atoms with Crippen LogP contribution in [-0.2, 0) is 11.2 Å². The van der Waals surface area contributed by atoms with Crippen LogP contribution >= 0.6 is 0 Å². The monoisotopic (exact) mass is 256 g/mol. The lowest BCUT2D eigenvalue weighted by atomic mass is 9.92. The van der Waals surface area contributed by atoms with Gasteiger partial charge in [-0.25, -0.2) is 4.79 Å². The number of carbonyl (C=O) groups excluding carboxylic acids is 1. The number of rotatable bonds is 1. The number of nitrogens with zero attached hydrogens (tertiary/aromatic N) is 1. The number of aromatic nitrogens is 1. The van der Waals surface area contributed by atoms with Crippen molar-refractivity contribution in [2.45, 2.75) is 31.8 Å². The molecule has 1 amide bonds. The Labute approximate surface area is 111 Å². The maximum atomic E-state index is 11.9. The molecule has 2 aliphatic rings. The van der Waals surface area contributed by atoms with Crippen molar-refractivity contribution < 1.29 is 9.53 Å². The first kappa shape index (κ1) is 10.9. The lowest BCUT2D eigenvalue weighted by Gasteiger charge is -2.34. The topological polar surface area (TPSA) is 45.3 Å². The van der Waals surface area contributed by atoms with Crippen LogP contribution in [0.4, 0.5) is 4.79 Å². The molecule has 2 aliphatic heterocycles. The van der Waals surface area contributed by atoms with Crippen molar-refractivity contribution in [3.8, 4) is 0 Å². The average Bonchev–Trinajstić information content (AvgIpc) is 2.98. The van der Waals surface area contributed by atoms with Gasteiger partial charge < -0.3 is 9.72 Å². The van der Waals surface area contributed by atoms with Crippen molar-refractivity contribution >= 4 is 17.0 Å². The van der Waals surface area contributed by atoms with Crippen molar-refractivity contribution in [1.82, 2.24) is 9.88 Å². The molecule has 0 radical (unpaired) electrons. The van der Waals surface area contributed by atoms with Gasteiger partial charge in [0.1, 0.15) is 6.61 Å². The van der Waals surface area contributed by atoms with E-state index in [1.54, 1.807) is 0 Å². The highest BCUT2D eigenvalue weighted by atomic mass is 16.6. The van der Waals surface area contributed by atoms with E-state index in [4.69, 9.17) is 4.74 Å². The third-order valence-corrected chi connectivity index (χ3v) is 4.35. The Hall–Kier alpha value is -1.97. The predicted molar refractivity (Wildman–Crippen MR) is 72.0 cm³/mol. The van der Waals surface area contributed by atoms with E-state index in [1.807, 2.05) is 11.0 Å². The summed E-state index contributed by atoms with van der Waals surface area (Å²) in [5.41, 5.74) is 3.72. The zero-order valence-electron chi connectivity index (χ0n) is 10.8. The van der Waals surface area contributed by atoms with E-state index in [-0.39, 0.29) is 18.2 Å². The molecule has 0 bridgehead atoms. The first-order chi connectivity index (χ1) is 9.29. The predicted octanol–water partition coefficient (Wildman–Crippen LogP) is 3.00. The lowest BCUT2D eigenvalue weighted by molar-refractivity contribution is 0.138. The minimum absolute atomic E-state index is 0.121. The van der Waals surface area contributed by atoms with Crippen LogP contribution in [0.3, 0.4) is 0 Å². The highest BCUT2D eigenvalue weighted by Crippen LogP contribution is 2.40. The van der Waals surface area contributed by atoms with Crippen LogP contribution < -0.4 is 0 Å². The Morgan fingerprint density at radius 3 is 3.11 bits per heavy atom. The van der Waals surface area contributed by atoms with Gasteiger partial charge in [0.15, 0.2) is 0 Å². The number of carbonyl (C=O) groups is 1. The van der Waals surface area contributed by atoms with Crippen molar-refractivity contribution in [2.75, 3.05) is 6.61 Å². The molecule has 1 fully saturated rings. The van der Waals surface area contributed by atoms with Gasteiger partial charge in [-0.1, -0.05) is 25.1 Å². The van der Waals surface area contributed by atoms with Crippen LogP contribution in [0.15, 0.2) is 24.3 Å². The third-order valence-electron chi connectivity index (χ3n) is 4.35. The summed E-state index contributed by atoms with van der Waals surface area (Å²) in [4.78, 5) is 17.3. The number of amides is 1. The number of ether oxygens (including phenoxy) is 1. The summed E-state index contributed by atoms with van der Waals surface area (Å²) in [6, 6.07) is 8.69. The number of hydrogen-bond acceptors (Lipinski definition) is 2. The van der Waals surface area contributed by atoms with E-state index in [9.17, 15) is 4.79 Å². The van der Waals surface area contributed by atoms with E-state index in [1.165, 1.54) is 22.2 Å². The van der Waals surface area contributed by atoms with E-state index >= 15 is 0 Å². The second-order valence-corrected chi connectivity index (χ2v) is 5.33. The summed E-state index contributed by atoms with van der Waals surface area (Å²) in [7, 11) is 0. The fourth-order valence-corrected chi connectivity index (χ4v) is 3.51. The van der Waals surface area contributed by atoms with E-state index in [0.29, 0.717) is 6.61 Å². The molecule has 2 unspecified atom stereocenters. The SMILES string of the molecule is CCC1c2[nH]c3ccccc3c2CC2COC(=O)N21. The Morgan fingerprint density at radius 2 is 2.26 bits per heavy atom. The number of H-pyrrole nitrogens is 1. The number of benzene rings is 1. The fraction of sp³-hybridized carbons (Fsp3) is 0.400. The molecule has 0 aliphatic carbocycles. The van der Waals surface area contributed by atoms with Crippen LogP contribution in [-0.4, -0.2) is 28.6 Å². The molecule has 19 heavy (non-hydrogen) atoms. The molecular weight excluding hydrogens is 240 g/mol. The van der Waals surface area contributed by atoms with Gasteiger partial charge in [0.05, 0.1) is 12.1 Å². The molecule has 1 N–H and O–H groups in total. The maximum absolute atomic E-state index is 11.9. The largest absolute Gasteiger partial charge is 0.447 e. The van der Waals surface area contributed by atoms with E-state index in [0.717, 1.165) is 12.8 Å². The average molecular weight is 256 g/mol. The zero-order valence-corrected chi connectivity index (χ0v) is 10.8. The number of hydrogen-bond donors (Lipinski definition) is 1. The minimum Gasteiger partial charge on any atom is -0.447 e. The van der Waals surface area contributed by atoms with Crippen molar-refractivity contribution in [1.29, 1.82) is 0 Å². The van der Waals surface area contributed by atoms with Crippen LogP contribution in [0, 0.1) is 0 Å². The highest BCUT2D eigenvalue weighted by molar-refractivity contribution is 5.86. The Balaban J connectivity index is 1.93. The number of cyclic esters (lactones) is 1. The Kier molecular flexibility index (Phi) is 2.16. The van der Waals surface area contributed by atoms with Crippen molar-refractivity contribution in [3.05, 3.63) is 35.5 Å². The second kappa shape index (κ2) is 3.76. The molecule has 0 spiro atoms. The van der Waals surface area contributed by atoms with Crippen LogP contribution in [0.2, 0.25) is 0 Å². The van der Waals surface area contributed by atoms with Gasteiger partial charge in [-0.05, 0) is 24.5 Å². The second-order valence-electron chi connectivity index (χ2n) is 5.33. The molecule has 2 aromatic rings. The van der Waals surface area contributed by atoms with Crippen LogP contribution in [0.5, 0.6) is 0 Å². The maximum Gasteiger partial charge on any atom is 0.410 e. The zero-order chi connectivity index (χ0) is 13.0. The molecule has 4 nitrogen and oxygen atoms in total. The summed E-state index contributed by atoms with van der Waals surface area (Å²) in [6.07, 6.45) is 1.63. The normalized spacial score (nSPS) is 25.3. The van der Waals surface area contributed by atoms with Crippen LogP contribution in [0.25, 0.3) is 10.9 Å². The summed E-state index contributed by atoms with van der Waals surface area (Å²) in [5.74, 6) is 0. The molecule has 1 aromatic carbocycles. The molecule has 98 valence electrons. The molecule has 4 rings (SSSR count). The Morgan fingerprint density at radius 1 is 1.42 bits per heavy atom. The van der Waals surface area contributed by atoms with E-state index in [2.05, 4.69) is 30.1 Å². The van der Waals surface area contributed by atoms with Gasteiger partial charge >= 0.3 is 6.09 Å². The fourth-order valence-electron chi connectivity index (χ4n) is 3.51. The minimum atomic E-state index is -0.166. The van der Waals surface area contributed by atoms with Crippen molar-refractivity contribution in [3.63, 3.8) is 0 Å². The van der Waals surface area contributed by atoms with Gasteiger partial charge in [-0.15, -0.1) is 0 Å². The number of aromatic amines is 1. The third kappa shape index (κ3) is 1.37. The quantitative estimate of drug-likeness (QED) is 0.852. The molecular formula is C15H16N2O2. The first-order valence-corrected chi connectivity index (χ1v) is 6.84. The molecule has 4 heteroatoms. The van der Waals surface area contributed by atoms with E-state index < -0.39 is 0 Å². The molecule has 2 atom stereocenters.